The maximum Gasteiger partial charge on any atom is 0.235 e. The second-order valence-electron chi connectivity index (χ2n) is 5.24. The number of rotatable bonds is 1. The number of hydrogen-bond acceptors (Lipinski definition) is 3. The summed E-state index contributed by atoms with van der Waals surface area (Å²) < 4.78 is 24.5. The molecule has 2 heterocycles. The van der Waals surface area contributed by atoms with Gasteiger partial charge in [0.25, 0.3) is 0 Å². The standard InChI is InChI=1S/C13H16N2O3S/c1-19(17,18)15-8-6-13(7-9-15)10-4-2-3-5-11(10)14-12(13)16/h2-5H,6-9H2,1H3,(H,14,16). The van der Waals surface area contributed by atoms with Gasteiger partial charge in [-0.15, -0.1) is 0 Å². The summed E-state index contributed by atoms with van der Waals surface area (Å²) >= 11 is 0. The summed E-state index contributed by atoms with van der Waals surface area (Å²) in [4.78, 5) is 12.3. The molecule has 0 saturated carbocycles. The van der Waals surface area contributed by atoms with Gasteiger partial charge in [0.15, 0.2) is 0 Å². The molecule has 6 heteroatoms. The predicted molar refractivity (Wildman–Crippen MR) is 72.4 cm³/mol. The Labute approximate surface area is 112 Å². The zero-order valence-corrected chi connectivity index (χ0v) is 11.5. The summed E-state index contributed by atoms with van der Waals surface area (Å²) in [6.07, 6.45) is 2.31. The number of hydrogen-bond donors (Lipinski definition) is 1. The van der Waals surface area contributed by atoms with Crippen LogP contribution >= 0.6 is 0 Å². The highest BCUT2D eigenvalue weighted by Crippen LogP contribution is 2.44. The van der Waals surface area contributed by atoms with Crippen molar-refractivity contribution in [1.29, 1.82) is 0 Å². The van der Waals surface area contributed by atoms with E-state index >= 15 is 0 Å². The molecule has 0 aromatic heterocycles. The van der Waals surface area contributed by atoms with Gasteiger partial charge in [-0.2, -0.15) is 0 Å². The van der Waals surface area contributed by atoms with Crippen molar-refractivity contribution in [3.63, 3.8) is 0 Å². The molecule has 1 fully saturated rings. The van der Waals surface area contributed by atoms with E-state index in [0.717, 1.165) is 11.3 Å². The van der Waals surface area contributed by atoms with E-state index in [2.05, 4.69) is 5.32 Å². The highest BCUT2D eigenvalue weighted by molar-refractivity contribution is 7.88. The van der Waals surface area contributed by atoms with Gasteiger partial charge in [-0.1, -0.05) is 18.2 Å². The highest BCUT2D eigenvalue weighted by Gasteiger charge is 2.49. The lowest BCUT2D eigenvalue weighted by Gasteiger charge is -2.36. The van der Waals surface area contributed by atoms with Crippen LogP contribution in [0.1, 0.15) is 18.4 Å². The summed E-state index contributed by atoms with van der Waals surface area (Å²) in [6, 6.07) is 7.67. The van der Waals surface area contributed by atoms with Gasteiger partial charge >= 0.3 is 0 Å². The molecule has 0 bridgehead atoms. The molecule has 0 atom stereocenters. The van der Waals surface area contributed by atoms with Crippen LogP contribution in [0.4, 0.5) is 5.69 Å². The summed E-state index contributed by atoms with van der Waals surface area (Å²) in [7, 11) is -3.17. The molecule has 2 aliphatic heterocycles. The molecule has 19 heavy (non-hydrogen) atoms. The van der Waals surface area contributed by atoms with E-state index in [1.54, 1.807) is 0 Å². The van der Waals surface area contributed by atoms with Crippen LogP contribution in [0.15, 0.2) is 24.3 Å². The molecule has 0 radical (unpaired) electrons. The van der Waals surface area contributed by atoms with Crippen LogP contribution in [-0.4, -0.2) is 38.0 Å². The van der Waals surface area contributed by atoms with Gasteiger partial charge < -0.3 is 5.32 Å². The van der Waals surface area contributed by atoms with E-state index in [1.807, 2.05) is 24.3 Å². The smallest absolute Gasteiger partial charge is 0.235 e. The van der Waals surface area contributed by atoms with Gasteiger partial charge in [0.1, 0.15) is 0 Å². The number of sulfonamides is 1. The maximum atomic E-state index is 12.3. The van der Waals surface area contributed by atoms with Crippen LogP contribution in [0.3, 0.4) is 0 Å². The van der Waals surface area contributed by atoms with E-state index in [0.29, 0.717) is 25.9 Å². The zero-order chi connectivity index (χ0) is 13.7. The number of anilines is 1. The first-order chi connectivity index (χ1) is 8.93. The molecule has 1 spiro atoms. The third kappa shape index (κ3) is 1.86. The summed E-state index contributed by atoms with van der Waals surface area (Å²) in [5.74, 6) is 0.00171. The molecule has 5 nitrogen and oxygen atoms in total. The number of nitrogens with zero attached hydrogens (tertiary/aromatic N) is 1. The summed E-state index contributed by atoms with van der Waals surface area (Å²) in [6.45, 7) is 0.807. The van der Waals surface area contributed by atoms with Gasteiger partial charge in [0.2, 0.25) is 15.9 Å². The third-order valence-corrected chi connectivity index (χ3v) is 5.47. The van der Waals surface area contributed by atoms with Crippen molar-refractivity contribution < 1.29 is 13.2 Å². The van der Waals surface area contributed by atoms with Gasteiger partial charge in [0.05, 0.1) is 11.7 Å². The van der Waals surface area contributed by atoms with Crippen LogP contribution in [0.2, 0.25) is 0 Å². The van der Waals surface area contributed by atoms with E-state index < -0.39 is 15.4 Å². The molecule has 1 aromatic rings. The Morgan fingerprint density at radius 3 is 2.47 bits per heavy atom. The van der Waals surface area contributed by atoms with Crippen LogP contribution < -0.4 is 5.32 Å². The SMILES string of the molecule is CS(=O)(=O)N1CCC2(CC1)C(=O)Nc1ccccc12. The molecule has 1 aromatic carbocycles. The molecule has 0 unspecified atom stereocenters. The molecule has 1 amide bonds. The average molecular weight is 280 g/mol. The van der Waals surface area contributed by atoms with E-state index in [9.17, 15) is 13.2 Å². The molecular weight excluding hydrogens is 264 g/mol. The zero-order valence-electron chi connectivity index (χ0n) is 10.7. The average Bonchev–Trinajstić information content (AvgIpc) is 2.63. The van der Waals surface area contributed by atoms with Crippen molar-refractivity contribution in [2.24, 2.45) is 0 Å². The van der Waals surface area contributed by atoms with Gasteiger partial charge in [-0.3, -0.25) is 4.79 Å². The molecular formula is C13H16N2O3S. The van der Waals surface area contributed by atoms with E-state index in [-0.39, 0.29) is 5.91 Å². The monoisotopic (exact) mass is 280 g/mol. The predicted octanol–water partition coefficient (Wildman–Crippen LogP) is 0.932. The fourth-order valence-electron chi connectivity index (χ4n) is 3.07. The van der Waals surface area contributed by atoms with Crippen LogP contribution in [0.25, 0.3) is 0 Å². The van der Waals surface area contributed by atoms with Gasteiger partial charge in [-0.25, -0.2) is 12.7 Å². The van der Waals surface area contributed by atoms with Crippen LogP contribution in [-0.2, 0) is 20.2 Å². The molecule has 1 saturated heterocycles. The van der Waals surface area contributed by atoms with E-state index in [4.69, 9.17) is 0 Å². The van der Waals surface area contributed by atoms with Crippen LogP contribution in [0.5, 0.6) is 0 Å². The Morgan fingerprint density at radius 2 is 1.84 bits per heavy atom. The number of nitrogens with one attached hydrogen (secondary N) is 1. The van der Waals surface area contributed by atoms with Crippen LogP contribution in [0, 0.1) is 0 Å². The number of carbonyl (C=O) groups excluding carboxylic acids is 1. The molecule has 102 valence electrons. The van der Waals surface area contributed by atoms with Crippen molar-refractivity contribution in [3.8, 4) is 0 Å². The summed E-state index contributed by atoms with van der Waals surface area (Å²) in [5.41, 5.74) is 1.33. The largest absolute Gasteiger partial charge is 0.325 e. The number of carbonyl (C=O) groups is 1. The normalized spacial score (nSPS) is 22.3. The molecule has 1 N–H and O–H groups in total. The first-order valence-electron chi connectivity index (χ1n) is 6.30. The second-order valence-corrected chi connectivity index (χ2v) is 7.23. The van der Waals surface area contributed by atoms with Gasteiger partial charge in [0, 0.05) is 18.8 Å². The first-order valence-corrected chi connectivity index (χ1v) is 8.14. The summed E-state index contributed by atoms with van der Waals surface area (Å²) in [5, 5.41) is 2.90. The Balaban J connectivity index is 1.93. The maximum absolute atomic E-state index is 12.3. The third-order valence-electron chi connectivity index (χ3n) is 4.17. The number of piperidine rings is 1. The van der Waals surface area contributed by atoms with Gasteiger partial charge in [-0.05, 0) is 24.5 Å². The lowest BCUT2D eigenvalue weighted by atomic mass is 9.74. The fraction of sp³-hybridized carbons (Fsp3) is 0.462. The topological polar surface area (TPSA) is 66.5 Å². The number of fused-ring (bicyclic) bond motifs is 2. The lowest BCUT2D eigenvalue weighted by molar-refractivity contribution is -0.122. The molecule has 2 aliphatic rings. The quantitative estimate of drug-likeness (QED) is 0.832. The number of amides is 1. The van der Waals surface area contributed by atoms with Crippen molar-refractivity contribution in [2.75, 3.05) is 24.7 Å². The lowest BCUT2D eigenvalue weighted by Crippen LogP contribution is -2.47. The fourth-order valence-corrected chi connectivity index (χ4v) is 3.92. The Kier molecular flexibility index (Phi) is 2.69. The minimum Gasteiger partial charge on any atom is -0.325 e. The first kappa shape index (κ1) is 12.6. The van der Waals surface area contributed by atoms with Crippen molar-refractivity contribution in [1.82, 2.24) is 4.31 Å². The molecule has 3 rings (SSSR count). The Morgan fingerprint density at radius 1 is 1.21 bits per heavy atom. The minimum atomic E-state index is -3.17. The highest BCUT2D eigenvalue weighted by atomic mass is 32.2. The number of benzene rings is 1. The van der Waals surface area contributed by atoms with Crippen molar-refractivity contribution in [2.45, 2.75) is 18.3 Å². The Hall–Kier alpha value is -1.40. The second kappa shape index (κ2) is 4.05. The Bertz CT molecular complexity index is 631. The molecule has 0 aliphatic carbocycles. The van der Waals surface area contributed by atoms with E-state index in [1.165, 1.54) is 10.6 Å². The van der Waals surface area contributed by atoms with Crippen molar-refractivity contribution in [3.05, 3.63) is 29.8 Å². The van der Waals surface area contributed by atoms with Crippen molar-refractivity contribution >= 4 is 21.6 Å². The number of para-hydroxylation sites is 1. The minimum absolute atomic E-state index is 0.00171.